The van der Waals surface area contributed by atoms with Crippen molar-refractivity contribution in [3.05, 3.63) is 0 Å². The van der Waals surface area contributed by atoms with Crippen LogP contribution < -0.4 is 0 Å². The molecule has 3 aliphatic rings. The Hall–Kier alpha value is -0.820. The topological polar surface area (TPSA) is 84.3 Å². The predicted molar refractivity (Wildman–Crippen MR) is 121 cm³/mol. The van der Waals surface area contributed by atoms with E-state index < -0.39 is 27.8 Å². The first-order valence-electron chi connectivity index (χ1n) is 12.2. The Morgan fingerprint density at radius 1 is 0.594 bits per heavy atom. The zero-order valence-corrected chi connectivity index (χ0v) is 21.9. The van der Waals surface area contributed by atoms with Gasteiger partial charge in [0.15, 0.2) is 0 Å². The van der Waals surface area contributed by atoms with Crippen LogP contribution in [0.2, 0.25) is 0 Å². The molecular weight excluding hydrogens is 408 g/mol. The average molecular weight is 453 g/mol. The van der Waals surface area contributed by atoms with E-state index in [1.54, 1.807) is 0 Å². The molecule has 32 heavy (non-hydrogen) atoms. The van der Waals surface area contributed by atoms with Gasteiger partial charge in [-0.3, -0.25) is 9.59 Å². The summed E-state index contributed by atoms with van der Waals surface area (Å²) in [5.41, 5.74) is -2.52. The molecule has 2 heterocycles. The van der Waals surface area contributed by atoms with E-state index in [9.17, 15) is 9.59 Å². The Labute approximate surface area is 193 Å². The van der Waals surface area contributed by atoms with Crippen LogP contribution in [0.25, 0.3) is 0 Å². The van der Waals surface area contributed by atoms with E-state index >= 15 is 0 Å². The van der Waals surface area contributed by atoms with E-state index in [4.69, 9.17) is 19.6 Å². The lowest BCUT2D eigenvalue weighted by Gasteiger charge is -2.57. The average Bonchev–Trinajstić information content (AvgIpc) is 3.56. The van der Waals surface area contributed by atoms with E-state index in [0.29, 0.717) is 12.8 Å². The van der Waals surface area contributed by atoms with E-state index in [1.165, 1.54) is 0 Å². The van der Waals surface area contributed by atoms with Crippen LogP contribution in [0.15, 0.2) is 0 Å². The van der Waals surface area contributed by atoms with Gasteiger partial charge >= 0.3 is 0 Å². The van der Waals surface area contributed by atoms with Crippen LogP contribution in [-0.2, 0) is 29.1 Å². The Morgan fingerprint density at radius 3 is 1.16 bits per heavy atom. The summed E-state index contributed by atoms with van der Waals surface area (Å²) in [5.74, 6) is -2.57. The first kappa shape index (κ1) is 25.8. The van der Waals surface area contributed by atoms with Crippen molar-refractivity contribution in [2.75, 3.05) is 0 Å². The Kier molecular flexibility index (Phi) is 6.12. The minimum atomic E-state index is -1.22. The molecule has 0 spiro atoms. The second-order valence-electron chi connectivity index (χ2n) is 13.9. The largest absolute Gasteiger partial charge is 0.293 e. The number of carbonyl (C=O) groups excluding carboxylic acids is 2. The van der Waals surface area contributed by atoms with Gasteiger partial charge in [-0.2, -0.15) is 19.6 Å². The van der Waals surface area contributed by atoms with E-state index in [0.717, 1.165) is 32.1 Å². The molecule has 2 saturated heterocycles. The van der Waals surface area contributed by atoms with Gasteiger partial charge in [-0.05, 0) is 29.1 Å². The quantitative estimate of drug-likeness (QED) is 0.317. The second kappa shape index (κ2) is 7.59. The number of hydrogen-bond acceptors (Lipinski definition) is 6. The monoisotopic (exact) mass is 452 g/mol. The normalized spacial score (nSPS) is 24.7. The first-order chi connectivity index (χ1) is 14.3. The van der Waals surface area contributed by atoms with Gasteiger partial charge in [0.05, 0.1) is 0 Å². The summed E-state index contributed by atoms with van der Waals surface area (Å²) in [6.45, 7) is 20.4. The lowest BCUT2D eigenvalue weighted by molar-refractivity contribution is -0.167. The molecule has 3 rings (SSSR count). The van der Waals surface area contributed by atoms with Crippen molar-refractivity contribution in [1.29, 1.82) is 0 Å². The number of hydrogen-bond donors (Lipinski definition) is 0. The summed E-state index contributed by atoms with van der Waals surface area (Å²) in [6, 6.07) is 0. The van der Waals surface area contributed by atoms with Crippen molar-refractivity contribution in [2.24, 2.45) is 27.1 Å². The maximum atomic E-state index is 14.1. The Morgan fingerprint density at radius 2 is 0.906 bits per heavy atom. The van der Waals surface area contributed by atoms with Crippen LogP contribution in [0.1, 0.15) is 114 Å². The van der Waals surface area contributed by atoms with Crippen molar-refractivity contribution in [3.63, 3.8) is 0 Å². The highest BCUT2D eigenvalue weighted by Crippen LogP contribution is 2.65. The van der Waals surface area contributed by atoms with Gasteiger partial charge in [-0.1, -0.05) is 88.5 Å². The standard InChI is InChI=1S/C26H44O6/c1-20(2,3)16-25(29-30-25)18(27)22(7,8)24(14-12-11-13-15-24)23(9,10)19(28)26(31-32-26)17-21(4,5)6/h11-17H2,1-10H3. The first-order valence-corrected chi connectivity index (χ1v) is 12.2. The molecular formula is C26H44O6. The smallest absolute Gasteiger partial charge is 0.292 e. The summed E-state index contributed by atoms with van der Waals surface area (Å²) in [7, 11) is 0. The van der Waals surface area contributed by atoms with E-state index in [-0.39, 0.29) is 22.4 Å². The molecule has 1 aliphatic carbocycles. The Bertz CT molecular complexity index is 692. The van der Waals surface area contributed by atoms with Crippen molar-refractivity contribution in [1.82, 2.24) is 0 Å². The maximum Gasteiger partial charge on any atom is 0.292 e. The molecule has 0 bridgehead atoms. The molecule has 0 atom stereocenters. The van der Waals surface area contributed by atoms with Crippen LogP contribution in [-0.4, -0.2) is 23.1 Å². The van der Waals surface area contributed by atoms with Crippen molar-refractivity contribution in [2.45, 2.75) is 126 Å². The third-order valence-electron chi connectivity index (χ3n) is 8.02. The molecule has 0 radical (unpaired) electrons. The second-order valence-corrected chi connectivity index (χ2v) is 13.9. The summed E-state index contributed by atoms with van der Waals surface area (Å²) in [5, 5.41) is 0. The maximum absolute atomic E-state index is 14.1. The highest BCUT2D eigenvalue weighted by Gasteiger charge is 2.72. The highest BCUT2D eigenvalue weighted by atomic mass is 17.4. The molecule has 1 saturated carbocycles. The molecule has 0 aromatic rings. The van der Waals surface area contributed by atoms with Crippen molar-refractivity contribution < 1.29 is 29.1 Å². The van der Waals surface area contributed by atoms with Gasteiger partial charge in [0.25, 0.3) is 11.6 Å². The zero-order chi connectivity index (χ0) is 24.4. The molecule has 6 heteroatoms. The van der Waals surface area contributed by atoms with Gasteiger partial charge in [-0.15, -0.1) is 0 Å². The third kappa shape index (κ3) is 4.33. The fourth-order valence-electron chi connectivity index (χ4n) is 6.50. The van der Waals surface area contributed by atoms with Gasteiger partial charge in [-0.25, -0.2) is 0 Å². The number of ketones is 2. The van der Waals surface area contributed by atoms with Gasteiger partial charge in [0.2, 0.25) is 11.6 Å². The Balaban J connectivity index is 2.00. The predicted octanol–water partition coefficient (Wildman–Crippen LogP) is 6.32. The summed E-state index contributed by atoms with van der Waals surface area (Å²) in [4.78, 5) is 49.7. The van der Waals surface area contributed by atoms with Crippen LogP contribution in [0, 0.1) is 27.1 Å². The molecule has 0 N–H and O–H groups in total. The lowest BCUT2D eigenvalue weighted by atomic mass is 9.44. The zero-order valence-electron chi connectivity index (χ0n) is 21.9. The number of carbonyl (C=O) groups is 2. The van der Waals surface area contributed by atoms with Crippen LogP contribution in [0.4, 0.5) is 0 Å². The van der Waals surface area contributed by atoms with Gasteiger partial charge in [0, 0.05) is 23.7 Å². The number of Topliss-reactive ketones (excluding diaryl/α,β-unsaturated/α-hetero) is 2. The highest BCUT2D eigenvalue weighted by molar-refractivity contribution is 5.96. The molecule has 0 aromatic carbocycles. The van der Waals surface area contributed by atoms with Gasteiger partial charge < -0.3 is 0 Å². The minimum absolute atomic E-state index is 0.0646. The summed E-state index contributed by atoms with van der Waals surface area (Å²) < 4.78 is 0. The molecule has 6 nitrogen and oxygen atoms in total. The third-order valence-corrected chi connectivity index (χ3v) is 8.02. The molecule has 0 aromatic heterocycles. The lowest BCUT2D eigenvalue weighted by Crippen LogP contribution is -2.61. The summed E-state index contributed by atoms with van der Waals surface area (Å²) >= 11 is 0. The number of rotatable bonds is 8. The summed E-state index contributed by atoms with van der Waals surface area (Å²) in [6.07, 6.45) is 5.62. The van der Waals surface area contributed by atoms with Gasteiger partial charge in [0.1, 0.15) is 0 Å². The molecule has 3 fully saturated rings. The molecule has 0 unspecified atom stereocenters. The minimum Gasteiger partial charge on any atom is -0.293 e. The van der Waals surface area contributed by atoms with Crippen LogP contribution in [0.5, 0.6) is 0 Å². The van der Waals surface area contributed by atoms with Crippen LogP contribution in [0.3, 0.4) is 0 Å². The van der Waals surface area contributed by atoms with E-state index in [2.05, 4.69) is 41.5 Å². The molecule has 184 valence electrons. The molecule has 0 amide bonds. The van der Waals surface area contributed by atoms with Crippen molar-refractivity contribution in [3.8, 4) is 0 Å². The SMILES string of the molecule is CC(C)(C)CC1(C(=O)C(C)(C)C2(C(C)(C)C(=O)C3(CC(C)(C)C)OO3)CCCCC2)OO1. The van der Waals surface area contributed by atoms with Crippen LogP contribution >= 0.6 is 0 Å². The van der Waals surface area contributed by atoms with Crippen molar-refractivity contribution >= 4 is 11.6 Å². The fraction of sp³-hybridized carbons (Fsp3) is 0.923. The van der Waals surface area contributed by atoms with E-state index in [1.807, 2.05) is 27.7 Å². The molecule has 2 aliphatic heterocycles. The fourth-order valence-corrected chi connectivity index (χ4v) is 6.50.